The number of hydrogen-bond donors (Lipinski definition) is 3. The fourth-order valence-corrected chi connectivity index (χ4v) is 1.34. The van der Waals surface area contributed by atoms with E-state index in [1.807, 2.05) is 31.2 Å². The Kier molecular flexibility index (Phi) is 4.52. The molecule has 0 saturated heterocycles. The van der Waals surface area contributed by atoms with Crippen LogP contribution in [0.25, 0.3) is 0 Å². The predicted molar refractivity (Wildman–Crippen MR) is 67.1 cm³/mol. The zero-order chi connectivity index (χ0) is 11.3. The van der Waals surface area contributed by atoms with Crippen molar-refractivity contribution in [2.24, 2.45) is 0 Å². The monoisotopic (exact) mass is 224 g/mol. The van der Waals surface area contributed by atoms with Gasteiger partial charge in [-0.15, -0.1) is 0 Å². The molecule has 3 nitrogen and oxygen atoms in total. The van der Waals surface area contributed by atoms with Crippen molar-refractivity contribution in [3.05, 3.63) is 29.8 Å². The average Bonchev–Trinajstić information content (AvgIpc) is 2.15. The van der Waals surface area contributed by atoms with Gasteiger partial charge in [0, 0.05) is 12.2 Å². The molecule has 3 N–H and O–H groups in total. The highest BCUT2D eigenvalue weighted by atomic mass is 32.1. The Morgan fingerprint density at radius 1 is 1.53 bits per heavy atom. The summed E-state index contributed by atoms with van der Waals surface area (Å²) in [5, 5.41) is 15.6. The summed E-state index contributed by atoms with van der Waals surface area (Å²) < 4.78 is 0. The molecule has 0 saturated carbocycles. The highest BCUT2D eigenvalue weighted by Gasteiger charge is 1.99. The van der Waals surface area contributed by atoms with Gasteiger partial charge >= 0.3 is 0 Å². The van der Waals surface area contributed by atoms with Crippen LogP contribution in [0.2, 0.25) is 0 Å². The van der Waals surface area contributed by atoms with Gasteiger partial charge in [0.15, 0.2) is 5.11 Å². The summed E-state index contributed by atoms with van der Waals surface area (Å²) in [7, 11) is 0. The molecule has 0 radical (unpaired) electrons. The Hall–Kier alpha value is -1.13. The van der Waals surface area contributed by atoms with E-state index >= 15 is 0 Å². The topological polar surface area (TPSA) is 44.3 Å². The molecule has 82 valence electrons. The number of aliphatic hydroxyl groups excluding tert-OH is 1. The first-order valence-corrected chi connectivity index (χ1v) is 5.28. The van der Waals surface area contributed by atoms with Gasteiger partial charge in [-0.25, -0.2) is 0 Å². The number of anilines is 1. The van der Waals surface area contributed by atoms with Crippen molar-refractivity contribution in [3.8, 4) is 0 Å². The molecular weight excluding hydrogens is 208 g/mol. The zero-order valence-electron chi connectivity index (χ0n) is 8.95. The van der Waals surface area contributed by atoms with Gasteiger partial charge in [0.05, 0.1) is 6.10 Å². The van der Waals surface area contributed by atoms with E-state index in [1.54, 1.807) is 6.92 Å². The quantitative estimate of drug-likeness (QED) is 0.683. The Bertz CT molecular complexity index is 339. The van der Waals surface area contributed by atoms with Crippen LogP contribution in [0.5, 0.6) is 0 Å². The van der Waals surface area contributed by atoms with Gasteiger partial charge in [-0.3, -0.25) is 0 Å². The van der Waals surface area contributed by atoms with Gasteiger partial charge in [0.25, 0.3) is 0 Å². The van der Waals surface area contributed by atoms with E-state index in [0.29, 0.717) is 11.7 Å². The van der Waals surface area contributed by atoms with Gasteiger partial charge in [-0.05, 0) is 43.8 Å². The molecule has 0 heterocycles. The van der Waals surface area contributed by atoms with Crippen LogP contribution in [0.3, 0.4) is 0 Å². The van der Waals surface area contributed by atoms with Gasteiger partial charge in [0.2, 0.25) is 0 Å². The van der Waals surface area contributed by atoms with Gasteiger partial charge in [-0.1, -0.05) is 12.1 Å². The van der Waals surface area contributed by atoms with E-state index in [9.17, 15) is 0 Å². The summed E-state index contributed by atoms with van der Waals surface area (Å²) in [6.07, 6.45) is -0.401. The average molecular weight is 224 g/mol. The maximum Gasteiger partial charge on any atom is 0.170 e. The number of benzene rings is 1. The lowest BCUT2D eigenvalue weighted by Gasteiger charge is -2.11. The van der Waals surface area contributed by atoms with Crippen LogP contribution in [0.15, 0.2) is 24.3 Å². The normalized spacial score (nSPS) is 11.9. The van der Waals surface area contributed by atoms with E-state index < -0.39 is 6.10 Å². The number of nitrogens with one attached hydrogen (secondary N) is 2. The van der Waals surface area contributed by atoms with E-state index in [0.717, 1.165) is 5.69 Å². The van der Waals surface area contributed by atoms with E-state index in [-0.39, 0.29) is 0 Å². The Balaban J connectivity index is 2.44. The number of rotatable bonds is 3. The second-order valence-corrected chi connectivity index (χ2v) is 3.96. The lowest BCUT2D eigenvalue weighted by atomic mass is 10.2. The van der Waals surface area contributed by atoms with Crippen LogP contribution >= 0.6 is 12.2 Å². The van der Waals surface area contributed by atoms with Gasteiger partial charge < -0.3 is 15.7 Å². The van der Waals surface area contributed by atoms with Crippen LogP contribution in [0.4, 0.5) is 5.69 Å². The smallest absolute Gasteiger partial charge is 0.170 e. The van der Waals surface area contributed by atoms with E-state index in [4.69, 9.17) is 17.3 Å². The summed E-state index contributed by atoms with van der Waals surface area (Å²) in [4.78, 5) is 0. The molecule has 15 heavy (non-hydrogen) atoms. The molecule has 0 aliphatic heterocycles. The number of aliphatic hydroxyl groups is 1. The standard InChI is InChI=1S/C11H16N2OS/c1-8-4-3-5-10(6-8)13-11(15)12-7-9(2)14/h3-6,9,14H,7H2,1-2H3,(H2,12,13,15). The molecule has 0 amide bonds. The molecule has 1 aromatic rings. The van der Waals surface area contributed by atoms with Crippen molar-refractivity contribution in [3.63, 3.8) is 0 Å². The Morgan fingerprint density at radius 3 is 2.87 bits per heavy atom. The summed E-state index contributed by atoms with van der Waals surface area (Å²) >= 11 is 5.06. The highest BCUT2D eigenvalue weighted by molar-refractivity contribution is 7.80. The van der Waals surface area contributed by atoms with Crippen molar-refractivity contribution >= 4 is 23.0 Å². The molecule has 0 aromatic heterocycles. The lowest BCUT2D eigenvalue weighted by molar-refractivity contribution is 0.198. The number of hydrogen-bond acceptors (Lipinski definition) is 2. The molecule has 1 aromatic carbocycles. The molecule has 0 fully saturated rings. The number of aryl methyl sites for hydroxylation is 1. The second kappa shape index (κ2) is 5.68. The number of thiocarbonyl (C=S) groups is 1. The summed E-state index contributed by atoms with van der Waals surface area (Å²) in [6, 6.07) is 7.95. The first-order chi connectivity index (χ1) is 7.08. The third-order valence-electron chi connectivity index (χ3n) is 1.83. The molecule has 1 unspecified atom stereocenters. The van der Waals surface area contributed by atoms with Crippen LogP contribution in [-0.2, 0) is 0 Å². The Morgan fingerprint density at radius 2 is 2.27 bits per heavy atom. The van der Waals surface area contributed by atoms with Crippen molar-refractivity contribution in [2.75, 3.05) is 11.9 Å². The minimum atomic E-state index is -0.401. The van der Waals surface area contributed by atoms with Crippen LogP contribution in [0.1, 0.15) is 12.5 Å². The van der Waals surface area contributed by atoms with E-state index in [1.165, 1.54) is 5.56 Å². The molecule has 0 spiro atoms. The Labute approximate surface area is 95.5 Å². The minimum Gasteiger partial charge on any atom is -0.392 e. The van der Waals surface area contributed by atoms with Crippen molar-refractivity contribution in [1.29, 1.82) is 0 Å². The van der Waals surface area contributed by atoms with Crippen molar-refractivity contribution < 1.29 is 5.11 Å². The summed E-state index contributed by atoms with van der Waals surface area (Å²) in [6.45, 7) is 4.19. The predicted octanol–water partition coefficient (Wildman–Crippen LogP) is 1.66. The minimum absolute atomic E-state index is 0.401. The fraction of sp³-hybridized carbons (Fsp3) is 0.364. The zero-order valence-corrected chi connectivity index (χ0v) is 9.77. The van der Waals surface area contributed by atoms with Crippen LogP contribution in [-0.4, -0.2) is 22.9 Å². The maximum absolute atomic E-state index is 9.06. The third-order valence-corrected chi connectivity index (χ3v) is 2.08. The second-order valence-electron chi connectivity index (χ2n) is 3.55. The molecule has 0 bridgehead atoms. The van der Waals surface area contributed by atoms with Gasteiger partial charge in [-0.2, -0.15) is 0 Å². The summed E-state index contributed by atoms with van der Waals surface area (Å²) in [5.74, 6) is 0. The van der Waals surface area contributed by atoms with Crippen LogP contribution < -0.4 is 10.6 Å². The molecule has 1 atom stereocenters. The fourth-order valence-electron chi connectivity index (χ4n) is 1.14. The molecule has 0 aliphatic rings. The third kappa shape index (κ3) is 4.76. The largest absolute Gasteiger partial charge is 0.392 e. The van der Waals surface area contributed by atoms with Crippen LogP contribution in [0, 0.1) is 6.92 Å². The van der Waals surface area contributed by atoms with Gasteiger partial charge in [0.1, 0.15) is 0 Å². The SMILES string of the molecule is Cc1cccc(NC(=S)NCC(C)O)c1. The maximum atomic E-state index is 9.06. The van der Waals surface area contributed by atoms with E-state index in [2.05, 4.69) is 10.6 Å². The molecular formula is C11H16N2OS. The van der Waals surface area contributed by atoms with Crippen molar-refractivity contribution in [1.82, 2.24) is 5.32 Å². The first-order valence-electron chi connectivity index (χ1n) is 4.87. The summed E-state index contributed by atoms with van der Waals surface area (Å²) in [5.41, 5.74) is 2.14. The van der Waals surface area contributed by atoms with Crippen molar-refractivity contribution in [2.45, 2.75) is 20.0 Å². The lowest BCUT2D eigenvalue weighted by Crippen LogP contribution is -2.33. The first kappa shape index (κ1) is 11.9. The molecule has 1 rings (SSSR count). The molecule has 0 aliphatic carbocycles. The molecule has 4 heteroatoms. The highest BCUT2D eigenvalue weighted by Crippen LogP contribution is 2.08.